The molecule has 0 fully saturated rings. The number of allylic oxidation sites excluding steroid dienone is 7. The standard InChI is InChI=1S/C44H36N4O/c1-4-7-9-15-31-29-47(43-21-14-18-38(46-43)30-22-25-41-36(27-30)35-17-11-13-20-40(35)49-41)44-33(31)24-23-32-28-37(44)34-16-10-12-19-39(34)48(32)42(6-3)45-26-8-5-2/h4-7,9-27,29H,2,8,28H2,1,3H3/b7-4-,15-9-,42-6+,45-26-. The van der Waals surface area contributed by atoms with Gasteiger partial charge >= 0.3 is 0 Å². The SMILES string of the molecule is C=CC/C=N\C(=C/C)N1C2=CC=c3c(/C=C\C=C/C)cn(-c4cccc(-c5ccc6oc7ccccc7c6c5)n4)c3=C(C2)c2ccccc21. The largest absolute Gasteiger partial charge is 0.456 e. The van der Waals surface area contributed by atoms with Crippen molar-refractivity contribution >= 4 is 51.6 Å². The minimum Gasteiger partial charge on any atom is -0.456 e. The van der Waals surface area contributed by atoms with Crippen LogP contribution in [0.1, 0.15) is 37.8 Å². The van der Waals surface area contributed by atoms with Crippen molar-refractivity contribution in [3.63, 3.8) is 0 Å². The van der Waals surface area contributed by atoms with E-state index in [0.29, 0.717) is 6.42 Å². The molecule has 0 amide bonds. The minimum atomic E-state index is 0.714. The predicted molar refractivity (Wildman–Crippen MR) is 205 cm³/mol. The Morgan fingerprint density at radius 2 is 1.78 bits per heavy atom. The summed E-state index contributed by atoms with van der Waals surface area (Å²) in [6.45, 7) is 7.94. The van der Waals surface area contributed by atoms with Crippen LogP contribution in [0.5, 0.6) is 0 Å². The van der Waals surface area contributed by atoms with E-state index in [0.717, 1.165) is 73.1 Å². The Hall–Kier alpha value is -6.20. The van der Waals surface area contributed by atoms with Crippen LogP contribution in [-0.2, 0) is 0 Å². The van der Waals surface area contributed by atoms with Gasteiger partial charge in [-0.2, -0.15) is 0 Å². The lowest BCUT2D eigenvalue weighted by atomic mass is 9.93. The second-order valence-electron chi connectivity index (χ2n) is 12.1. The van der Waals surface area contributed by atoms with Crippen LogP contribution in [0.3, 0.4) is 0 Å². The van der Waals surface area contributed by atoms with Crippen LogP contribution in [0.15, 0.2) is 155 Å². The topological polar surface area (TPSA) is 46.6 Å². The summed E-state index contributed by atoms with van der Waals surface area (Å²) in [5.41, 5.74) is 9.58. The Balaban J connectivity index is 1.34. The first-order valence-corrected chi connectivity index (χ1v) is 16.7. The van der Waals surface area contributed by atoms with Crippen LogP contribution in [0, 0.1) is 0 Å². The number of aromatic nitrogens is 2. The lowest BCUT2D eigenvalue weighted by Gasteiger charge is -2.34. The highest BCUT2D eigenvalue weighted by Crippen LogP contribution is 2.41. The van der Waals surface area contributed by atoms with Crippen LogP contribution in [0.4, 0.5) is 5.69 Å². The summed E-state index contributed by atoms with van der Waals surface area (Å²) >= 11 is 0. The third-order valence-electron chi connectivity index (χ3n) is 9.13. The van der Waals surface area contributed by atoms with E-state index in [1.54, 1.807) is 0 Å². The molecule has 1 aliphatic heterocycles. The van der Waals surface area contributed by atoms with E-state index in [9.17, 15) is 0 Å². The van der Waals surface area contributed by atoms with E-state index in [2.05, 4.69) is 125 Å². The number of benzene rings is 3. The molecule has 0 spiro atoms. The number of fused-ring (bicyclic) bond motifs is 8. The molecule has 0 unspecified atom stereocenters. The van der Waals surface area contributed by atoms with Gasteiger partial charge in [0.05, 0.1) is 16.7 Å². The van der Waals surface area contributed by atoms with Crippen molar-refractivity contribution in [1.82, 2.24) is 9.55 Å². The zero-order valence-electron chi connectivity index (χ0n) is 27.7. The van der Waals surface area contributed by atoms with Crippen molar-refractivity contribution in [2.24, 2.45) is 4.99 Å². The van der Waals surface area contributed by atoms with Gasteiger partial charge < -0.3 is 8.98 Å². The fourth-order valence-electron chi connectivity index (χ4n) is 6.92. The van der Waals surface area contributed by atoms with Crippen molar-refractivity contribution in [2.45, 2.75) is 26.7 Å². The molecule has 0 N–H and O–H groups in total. The Morgan fingerprint density at radius 1 is 0.918 bits per heavy atom. The number of rotatable bonds is 8. The molecule has 0 radical (unpaired) electrons. The van der Waals surface area contributed by atoms with Gasteiger partial charge in [-0.1, -0.05) is 78.9 Å². The highest BCUT2D eigenvalue weighted by atomic mass is 16.3. The van der Waals surface area contributed by atoms with Gasteiger partial charge in [-0.25, -0.2) is 9.98 Å². The van der Waals surface area contributed by atoms with Crippen LogP contribution < -0.4 is 15.5 Å². The maximum absolute atomic E-state index is 6.11. The summed E-state index contributed by atoms with van der Waals surface area (Å²) in [6, 6.07) is 29.4. The molecule has 3 aromatic heterocycles. The van der Waals surface area contributed by atoms with Gasteiger partial charge in [0.15, 0.2) is 0 Å². The molecule has 49 heavy (non-hydrogen) atoms. The Morgan fingerprint density at radius 3 is 2.65 bits per heavy atom. The van der Waals surface area contributed by atoms with Crippen molar-refractivity contribution < 1.29 is 4.42 Å². The molecule has 3 aromatic carbocycles. The van der Waals surface area contributed by atoms with Crippen LogP contribution in [-0.4, -0.2) is 15.8 Å². The number of para-hydroxylation sites is 2. The molecular formula is C44H36N4O. The predicted octanol–water partition coefficient (Wildman–Crippen LogP) is 9.62. The first-order valence-electron chi connectivity index (χ1n) is 16.7. The van der Waals surface area contributed by atoms with E-state index in [-0.39, 0.29) is 0 Å². The van der Waals surface area contributed by atoms with Gasteiger partial charge in [0, 0.05) is 63.6 Å². The summed E-state index contributed by atoms with van der Waals surface area (Å²) < 4.78 is 8.38. The number of anilines is 1. The number of furan rings is 1. The van der Waals surface area contributed by atoms with Crippen molar-refractivity contribution in [3.05, 3.63) is 167 Å². The van der Waals surface area contributed by atoms with E-state index < -0.39 is 0 Å². The normalized spacial score (nSPS) is 14.5. The molecular weight excluding hydrogens is 601 g/mol. The van der Waals surface area contributed by atoms with E-state index in [4.69, 9.17) is 14.4 Å². The van der Waals surface area contributed by atoms with Crippen LogP contribution >= 0.6 is 0 Å². The average molecular weight is 637 g/mol. The van der Waals surface area contributed by atoms with Gasteiger partial charge in [0.2, 0.25) is 0 Å². The molecule has 238 valence electrons. The van der Waals surface area contributed by atoms with Crippen molar-refractivity contribution in [2.75, 3.05) is 4.90 Å². The Labute approximate surface area is 285 Å². The quantitative estimate of drug-likeness (QED) is 0.0950. The second-order valence-corrected chi connectivity index (χ2v) is 12.1. The molecule has 5 heteroatoms. The molecule has 4 heterocycles. The maximum atomic E-state index is 6.11. The minimum absolute atomic E-state index is 0.714. The average Bonchev–Trinajstić information content (AvgIpc) is 3.65. The second kappa shape index (κ2) is 12.8. The molecule has 2 bridgehead atoms. The molecule has 5 nitrogen and oxygen atoms in total. The third-order valence-corrected chi connectivity index (χ3v) is 9.13. The van der Waals surface area contributed by atoms with Gasteiger partial charge in [0.25, 0.3) is 0 Å². The highest BCUT2D eigenvalue weighted by Gasteiger charge is 2.29. The first kappa shape index (κ1) is 30.2. The van der Waals surface area contributed by atoms with Crippen LogP contribution in [0.25, 0.3) is 56.7 Å². The summed E-state index contributed by atoms with van der Waals surface area (Å²) in [7, 11) is 0. The van der Waals surface area contributed by atoms with Gasteiger partial charge in [-0.15, -0.1) is 6.58 Å². The van der Waals surface area contributed by atoms with E-state index in [1.807, 2.05) is 50.4 Å². The number of nitrogens with zero attached hydrogens (tertiary/aromatic N) is 4. The van der Waals surface area contributed by atoms with Crippen LogP contribution in [0.2, 0.25) is 0 Å². The fourth-order valence-corrected chi connectivity index (χ4v) is 6.92. The van der Waals surface area contributed by atoms with Gasteiger partial charge in [-0.05, 0) is 74.0 Å². The molecule has 6 aromatic rings. The maximum Gasteiger partial charge on any atom is 0.137 e. The van der Waals surface area contributed by atoms with Crippen molar-refractivity contribution in [3.8, 4) is 17.1 Å². The summed E-state index contributed by atoms with van der Waals surface area (Å²) in [5, 5.41) is 4.51. The Kier molecular flexibility index (Phi) is 7.86. The lowest BCUT2D eigenvalue weighted by molar-refractivity contribution is 0.669. The lowest BCUT2D eigenvalue weighted by Crippen LogP contribution is -2.34. The summed E-state index contributed by atoms with van der Waals surface area (Å²) in [4.78, 5) is 12.4. The molecule has 0 saturated carbocycles. The number of aliphatic imine (C=N–C) groups is 1. The van der Waals surface area contributed by atoms with Crippen molar-refractivity contribution in [1.29, 1.82) is 0 Å². The highest BCUT2D eigenvalue weighted by molar-refractivity contribution is 6.06. The monoisotopic (exact) mass is 636 g/mol. The smallest absolute Gasteiger partial charge is 0.137 e. The molecule has 0 atom stereocenters. The number of hydrogen-bond donors (Lipinski definition) is 0. The van der Waals surface area contributed by atoms with Gasteiger partial charge in [-0.3, -0.25) is 4.90 Å². The molecule has 2 aliphatic rings. The van der Waals surface area contributed by atoms with Gasteiger partial charge in [0.1, 0.15) is 22.8 Å². The van der Waals surface area contributed by atoms with E-state index >= 15 is 0 Å². The number of pyridine rings is 1. The molecule has 8 rings (SSSR count). The third kappa shape index (κ3) is 5.30. The van der Waals surface area contributed by atoms with E-state index in [1.165, 1.54) is 16.8 Å². The molecule has 0 saturated heterocycles. The fraction of sp³-hybridized carbons (Fsp3) is 0.0909. The zero-order valence-corrected chi connectivity index (χ0v) is 27.7. The summed E-state index contributed by atoms with van der Waals surface area (Å²) in [6.07, 6.45) is 22.4. The summed E-state index contributed by atoms with van der Waals surface area (Å²) in [5.74, 6) is 1.76. The number of hydrogen-bond acceptors (Lipinski definition) is 4. The Bertz CT molecular complexity index is 2550. The zero-order chi connectivity index (χ0) is 33.3. The molecule has 1 aliphatic carbocycles. The first-order chi connectivity index (χ1) is 24.2.